The molecule has 1 aromatic heterocycles. The van der Waals surface area contributed by atoms with Gasteiger partial charge in [0.1, 0.15) is 6.26 Å². The SMILES string of the molecule is Sc1ccccc1.c1cocn1. The van der Waals surface area contributed by atoms with E-state index in [1.165, 1.54) is 12.7 Å². The first-order valence-corrected chi connectivity index (χ1v) is 3.90. The summed E-state index contributed by atoms with van der Waals surface area (Å²) in [7, 11) is 0. The van der Waals surface area contributed by atoms with Crippen LogP contribution in [0.5, 0.6) is 0 Å². The summed E-state index contributed by atoms with van der Waals surface area (Å²) < 4.78 is 4.47. The molecule has 1 aromatic carbocycles. The van der Waals surface area contributed by atoms with E-state index in [1.807, 2.05) is 30.3 Å². The van der Waals surface area contributed by atoms with Crippen molar-refractivity contribution in [3.63, 3.8) is 0 Å². The lowest BCUT2D eigenvalue weighted by Crippen LogP contribution is -1.56. The van der Waals surface area contributed by atoms with Crippen molar-refractivity contribution >= 4 is 12.6 Å². The van der Waals surface area contributed by atoms with E-state index in [0.717, 1.165) is 4.90 Å². The summed E-state index contributed by atoms with van der Waals surface area (Å²) in [4.78, 5) is 4.57. The molecule has 0 radical (unpaired) electrons. The molecule has 3 heteroatoms. The standard InChI is InChI=1S/C6H6S.C3H3NO/c7-6-4-2-1-3-5-6;1-2-5-3-4-1/h1-5,7H;1-3H. The van der Waals surface area contributed by atoms with E-state index in [-0.39, 0.29) is 0 Å². The van der Waals surface area contributed by atoms with Gasteiger partial charge < -0.3 is 4.42 Å². The predicted octanol–water partition coefficient (Wildman–Crippen LogP) is 2.65. The average molecular weight is 179 g/mol. The molecular formula is C9H9NOS. The van der Waals surface area contributed by atoms with Crippen molar-refractivity contribution in [2.24, 2.45) is 0 Å². The molecule has 2 aromatic rings. The maximum Gasteiger partial charge on any atom is 0.180 e. The molecule has 0 N–H and O–H groups in total. The van der Waals surface area contributed by atoms with Crippen molar-refractivity contribution in [3.05, 3.63) is 49.2 Å². The lowest BCUT2D eigenvalue weighted by Gasteiger charge is -1.81. The van der Waals surface area contributed by atoms with Gasteiger partial charge in [0.05, 0.1) is 6.20 Å². The lowest BCUT2D eigenvalue weighted by atomic mass is 10.4. The van der Waals surface area contributed by atoms with Gasteiger partial charge in [-0.15, -0.1) is 12.6 Å². The Hall–Kier alpha value is -1.22. The second-order valence-electron chi connectivity index (χ2n) is 2.01. The highest BCUT2D eigenvalue weighted by Crippen LogP contribution is 2.00. The van der Waals surface area contributed by atoms with Crippen molar-refractivity contribution in [1.29, 1.82) is 0 Å². The molecule has 0 spiro atoms. The highest BCUT2D eigenvalue weighted by molar-refractivity contribution is 7.80. The van der Waals surface area contributed by atoms with Crippen molar-refractivity contribution in [2.45, 2.75) is 4.90 Å². The van der Waals surface area contributed by atoms with Crippen molar-refractivity contribution in [1.82, 2.24) is 4.98 Å². The first-order chi connectivity index (χ1) is 5.89. The van der Waals surface area contributed by atoms with Gasteiger partial charge in [0.25, 0.3) is 0 Å². The van der Waals surface area contributed by atoms with Crippen molar-refractivity contribution in [2.75, 3.05) is 0 Å². The van der Waals surface area contributed by atoms with Crippen LogP contribution >= 0.6 is 12.6 Å². The van der Waals surface area contributed by atoms with Crippen LogP contribution in [0.3, 0.4) is 0 Å². The molecule has 62 valence electrons. The van der Waals surface area contributed by atoms with Crippen LogP contribution in [0.1, 0.15) is 0 Å². The Labute approximate surface area is 76.7 Å². The molecule has 0 bridgehead atoms. The number of hydrogen-bond donors (Lipinski definition) is 1. The molecule has 0 amide bonds. The third-order valence-corrected chi connectivity index (χ3v) is 1.40. The van der Waals surface area contributed by atoms with Crippen LogP contribution in [0.15, 0.2) is 58.5 Å². The number of benzene rings is 1. The second kappa shape index (κ2) is 5.43. The zero-order valence-corrected chi connectivity index (χ0v) is 7.32. The van der Waals surface area contributed by atoms with Crippen LogP contribution in [-0.2, 0) is 0 Å². The zero-order chi connectivity index (χ0) is 8.65. The monoisotopic (exact) mass is 179 g/mol. The summed E-state index contributed by atoms with van der Waals surface area (Å²) in [5.41, 5.74) is 0. The highest BCUT2D eigenvalue weighted by Gasteiger charge is 1.73. The third-order valence-electron chi connectivity index (χ3n) is 1.10. The van der Waals surface area contributed by atoms with Crippen LogP contribution < -0.4 is 0 Å². The molecule has 0 saturated carbocycles. The van der Waals surface area contributed by atoms with Gasteiger partial charge in [-0.2, -0.15) is 0 Å². The summed E-state index contributed by atoms with van der Waals surface area (Å²) >= 11 is 4.08. The summed E-state index contributed by atoms with van der Waals surface area (Å²) in [6, 6.07) is 9.79. The normalized spacial score (nSPS) is 8.42. The zero-order valence-electron chi connectivity index (χ0n) is 6.42. The topological polar surface area (TPSA) is 26.0 Å². The molecule has 2 nitrogen and oxygen atoms in total. The van der Waals surface area contributed by atoms with Crippen LogP contribution in [0.25, 0.3) is 0 Å². The summed E-state index contributed by atoms with van der Waals surface area (Å²) in [5, 5.41) is 0. The van der Waals surface area contributed by atoms with Gasteiger partial charge in [0.15, 0.2) is 6.39 Å². The average Bonchev–Trinajstić information content (AvgIpc) is 2.62. The van der Waals surface area contributed by atoms with E-state index in [9.17, 15) is 0 Å². The van der Waals surface area contributed by atoms with Gasteiger partial charge >= 0.3 is 0 Å². The quantitative estimate of drug-likeness (QED) is 0.629. The number of hydrogen-bond acceptors (Lipinski definition) is 3. The van der Waals surface area contributed by atoms with Gasteiger partial charge in [0, 0.05) is 4.90 Å². The van der Waals surface area contributed by atoms with Gasteiger partial charge in [-0.1, -0.05) is 18.2 Å². The molecule has 0 aliphatic heterocycles. The fourth-order valence-corrected chi connectivity index (χ4v) is 0.776. The minimum Gasteiger partial charge on any atom is -0.452 e. The highest BCUT2D eigenvalue weighted by atomic mass is 32.1. The van der Waals surface area contributed by atoms with Crippen LogP contribution in [-0.4, -0.2) is 4.98 Å². The maximum absolute atomic E-state index is 4.47. The maximum atomic E-state index is 4.47. The Morgan fingerprint density at radius 2 is 1.92 bits per heavy atom. The smallest absolute Gasteiger partial charge is 0.180 e. The molecule has 0 aliphatic rings. The Bertz CT molecular complexity index is 263. The molecule has 0 atom stereocenters. The van der Waals surface area contributed by atoms with Gasteiger partial charge in [-0.05, 0) is 12.1 Å². The van der Waals surface area contributed by atoms with Crippen LogP contribution in [0.2, 0.25) is 0 Å². The Morgan fingerprint density at radius 3 is 2.17 bits per heavy atom. The minimum absolute atomic E-state index is 1.02. The van der Waals surface area contributed by atoms with E-state index < -0.39 is 0 Å². The number of nitrogens with zero attached hydrogens (tertiary/aromatic N) is 1. The molecular weight excluding hydrogens is 170 g/mol. The molecule has 0 fully saturated rings. The number of rotatable bonds is 0. The van der Waals surface area contributed by atoms with E-state index in [0.29, 0.717) is 0 Å². The summed E-state index contributed by atoms with van der Waals surface area (Å²) in [6.07, 6.45) is 4.47. The van der Waals surface area contributed by atoms with Gasteiger partial charge in [-0.3, -0.25) is 0 Å². The Morgan fingerprint density at radius 1 is 1.17 bits per heavy atom. The second-order valence-corrected chi connectivity index (χ2v) is 2.53. The largest absolute Gasteiger partial charge is 0.452 e. The van der Waals surface area contributed by atoms with E-state index >= 15 is 0 Å². The first-order valence-electron chi connectivity index (χ1n) is 3.46. The Balaban J connectivity index is 0.000000127. The van der Waals surface area contributed by atoms with Crippen molar-refractivity contribution in [3.8, 4) is 0 Å². The number of oxazole rings is 1. The molecule has 1 heterocycles. The fraction of sp³-hybridized carbons (Fsp3) is 0. The number of thiol groups is 1. The summed E-state index contributed by atoms with van der Waals surface area (Å²) in [5.74, 6) is 0. The molecule has 0 saturated heterocycles. The predicted molar refractivity (Wildman–Crippen MR) is 50.2 cm³/mol. The minimum atomic E-state index is 1.02. The first kappa shape index (κ1) is 8.87. The third kappa shape index (κ3) is 3.83. The number of aromatic nitrogens is 1. The molecule has 0 aliphatic carbocycles. The fourth-order valence-electron chi connectivity index (χ4n) is 0.604. The Kier molecular flexibility index (Phi) is 4.02. The van der Waals surface area contributed by atoms with E-state index in [4.69, 9.17) is 0 Å². The molecule has 2 rings (SSSR count). The van der Waals surface area contributed by atoms with Crippen LogP contribution in [0.4, 0.5) is 0 Å². The molecule has 0 unspecified atom stereocenters. The molecule has 12 heavy (non-hydrogen) atoms. The summed E-state index contributed by atoms with van der Waals surface area (Å²) in [6.45, 7) is 0. The van der Waals surface area contributed by atoms with Gasteiger partial charge in [-0.25, -0.2) is 4.98 Å². The lowest BCUT2D eigenvalue weighted by molar-refractivity contribution is 0.558. The van der Waals surface area contributed by atoms with E-state index in [1.54, 1.807) is 6.20 Å². The van der Waals surface area contributed by atoms with Crippen LogP contribution in [0, 0.1) is 0 Å². The van der Waals surface area contributed by atoms with Crippen molar-refractivity contribution < 1.29 is 4.42 Å². The van der Waals surface area contributed by atoms with Gasteiger partial charge in [0.2, 0.25) is 0 Å². The van der Waals surface area contributed by atoms with E-state index in [2.05, 4.69) is 22.0 Å².